The van der Waals surface area contributed by atoms with Crippen molar-refractivity contribution in [2.75, 3.05) is 6.26 Å². The first kappa shape index (κ1) is 13.4. The Labute approximate surface area is 111 Å². The quantitative estimate of drug-likeness (QED) is 0.888. The fraction of sp³-hybridized carbons (Fsp3) is 0.500. The van der Waals surface area contributed by atoms with Gasteiger partial charge in [-0.3, -0.25) is 4.79 Å². The second-order valence-corrected chi connectivity index (χ2v) is 5.75. The van der Waals surface area contributed by atoms with Crippen molar-refractivity contribution in [3.63, 3.8) is 0 Å². The highest BCUT2D eigenvalue weighted by Crippen LogP contribution is 2.37. The number of hydrogen-bond acceptors (Lipinski definition) is 2. The van der Waals surface area contributed by atoms with E-state index in [1.165, 1.54) is 6.07 Å². The standard InChI is InChI=1S/C14H18FNOS/c1-9-5-13(9)14(17)16-7-10-3-4-12(15)6-11(10)8-18-2/h3-4,6,9,13H,5,7-8H2,1-2H3,(H,16,17)/t9-,13+/m0/s1. The normalized spacial score (nSPS) is 21.7. The van der Waals surface area contributed by atoms with Gasteiger partial charge in [0.25, 0.3) is 0 Å². The molecule has 0 saturated heterocycles. The molecule has 1 N–H and O–H groups in total. The van der Waals surface area contributed by atoms with Crippen molar-refractivity contribution >= 4 is 17.7 Å². The van der Waals surface area contributed by atoms with E-state index in [2.05, 4.69) is 12.2 Å². The average Bonchev–Trinajstić information content (AvgIpc) is 3.05. The zero-order chi connectivity index (χ0) is 13.1. The second kappa shape index (κ2) is 5.74. The van der Waals surface area contributed by atoms with Crippen molar-refractivity contribution in [2.45, 2.75) is 25.6 Å². The summed E-state index contributed by atoms with van der Waals surface area (Å²) in [5.74, 6) is 1.38. The minimum atomic E-state index is -0.218. The number of thioether (sulfide) groups is 1. The number of hydrogen-bond donors (Lipinski definition) is 1. The van der Waals surface area contributed by atoms with Crippen LogP contribution in [-0.2, 0) is 17.1 Å². The van der Waals surface area contributed by atoms with E-state index >= 15 is 0 Å². The van der Waals surface area contributed by atoms with E-state index in [0.717, 1.165) is 23.3 Å². The Hall–Kier alpha value is -1.03. The van der Waals surface area contributed by atoms with Crippen molar-refractivity contribution in [3.8, 4) is 0 Å². The Bertz CT molecular complexity index is 449. The SMILES string of the molecule is CSCc1cc(F)ccc1CNC(=O)[C@@H]1C[C@@H]1C. The maximum absolute atomic E-state index is 13.2. The number of carbonyl (C=O) groups excluding carboxylic acids is 1. The molecule has 1 aromatic rings. The summed E-state index contributed by atoms with van der Waals surface area (Å²) in [6.07, 6.45) is 2.98. The molecule has 0 spiro atoms. The van der Waals surface area contributed by atoms with Gasteiger partial charge in [-0.2, -0.15) is 11.8 Å². The molecular weight excluding hydrogens is 249 g/mol. The fourth-order valence-electron chi connectivity index (χ4n) is 2.06. The monoisotopic (exact) mass is 267 g/mol. The van der Waals surface area contributed by atoms with Gasteiger partial charge in [0.05, 0.1) is 0 Å². The zero-order valence-electron chi connectivity index (χ0n) is 10.7. The lowest BCUT2D eigenvalue weighted by Crippen LogP contribution is -2.25. The number of halogens is 1. The molecule has 0 radical (unpaired) electrons. The second-order valence-electron chi connectivity index (χ2n) is 4.88. The van der Waals surface area contributed by atoms with E-state index in [1.54, 1.807) is 23.9 Å². The Morgan fingerprint density at radius 3 is 2.83 bits per heavy atom. The van der Waals surface area contributed by atoms with Gasteiger partial charge >= 0.3 is 0 Å². The van der Waals surface area contributed by atoms with E-state index in [9.17, 15) is 9.18 Å². The lowest BCUT2D eigenvalue weighted by atomic mass is 10.1. The molecule has 0 unspecified atom stereocenters. The Balaban J connectivity index is 1.97. The lowest BCUT2D eigenvalue weighted by Gasteiger charge is -2.10. The minimum Gasteiger partial charge on any atom is -0.352 e. The van der Waals surface area contributed by atoms with Crippen LogP contribution in [-0.4, -0.2) is 12.2 Å². The van der Waals surface area contributed by atoms with E-state index < -0.39 is 0 Å². The van der Waals surface area contributed by atoms with Crippen LogP contribution in [0.15, 0.2) is 18.2 Å². The Morgan fingerprint density at radius 1 is 1.50 bits per heavy atom. The third kappa shape index (κ3) is 3.25. The molecule has 98 valence electrons. The van der Waals surface area contributed by atoms with Gasteiger partial charge in [-0.25, -0.2) is 4.39 Å². The van der Waals surface area contributed by atoms with Crippen LogP contribution in [0.25, 0.3) is 0 Å². The van der Waals surface area contributed by atoms with Gasteiger partial charge in [-0.05, 0) is 41.9 Å². The molecule has 2 rings (SSSR count). The van der Waals surface area contributed by atoms with Crippen molar-refractivity contribution in [3.05, 3.63) is 35.1 Å². The maximum atomic E-state index is 13.2. The van der Waals surface area contributed by atoms with Crippen molar-refractivity contribution in [2.24, 2.45) is 11.8 Å². The molecule has 1 aliphatic carbocycles. The molecule has 1 aromatic carbocycles. The van der Waals surface area contributed by atoms with E-state index in [4.69, 9.17) is 0 Å². The van der Waals surface area contributed by atoms with Crippen LogP contribution >= 0.6 is 11.8 Å². The molecule has 0 aromatic heterocycles. The van der Waals surface area contributed by atoms with Gasteiger partial charge in [0.1, 0.15) is 5.82 Å². The highest BCUT2D eigenvalue weighted by Gasteiger charge is 2.38. The zero-order valence-corrected chi connectivity index (χ0v) is 11.5. The van der Waals surface area contributed by atoms with Crippen LogP contribution in [0.3, 0.4) is 0 Å². The topological polar surface area (TPSA) is 29.1 Å². The summed E-state index contributed by atoms with van der Waals surface area (Å²) in [6, 6.07) is 4.76. The predicted octanol–water partition coefficient (Wildman–Crippen LogP) is 2.96. The van der Waals surface area contributed by atoms with E-state index in [0.29, 0.717) is 12.5 Å². The molecule has 2 atom stereocenters. The number of carbonyl (C=O) groups is 1. The van der Waals surface area contributed by atoms with Crippen molar-refractivity contribution < 1.29 is 9.18 Å². The molecule has 4 heteroatoms. The molecule has 1 fully saturated rings. The lowest BCUT2D eigenvalue weighted by molar-refractivity contribution is -0.122. The molecule has 0 aliphatic heterocycles. The number of nitrogens with one attached hydrogen (secondary N) is 1. The van der Waals surface area contributed by atoms with Crippen LogP contribution in [0.4, 0.5) is 4.39 Å². The number of rotatable bonds is 5. The van der Waals surface area contributed by atoms with Gasteiger partial charge < -0.3 is 5.32 Å². The van der Waals surface area contributed by atoms with Gasteiger partial charge in [0.15, 0.2) is 0 Å². The third-order valence-corrected chi connectivity index (χ3v) is 3.97. The molecule has 0 heterocycles. The summed E-state index contributed by atoms with van der Waals surface area (Å²) >= 11 is 1.65. The summed E-state index contributed by atoms with van der Waals surface area (Å²) in [7, 11) is 0. The molecular formula is C14H18FNOS. The van der Waals surface area contributed by atoms with Gasteiger partial charge in [0.2, 0.25) is 5.91 Å². The summed E-state index contributed by atoms with van der Waals surface area (Å²) in [4.78, 5) is 11.7. The first-order valence-electron chi connectivity index (χ1n) is 6.15. The average molecular weight is 267 g/mol. The number of benzene rings is 1. The molecule has 1 aliphatic rings. The largest absolute Gasteiger partial charge is 0.352 e. The fourth-order valence-corrected chi connectivity index (χ4v) is 2.64. The van der Waals surface area contributed by atoms with Crippen LogP contribution < -0.4 is 5.32 Å². The van der Waals surface area contributed by atoms with Crippen LogP contribution in [0.5, 0.6) is 0 Å². The summed E-state index contributed by atoms with van der Waals surface area (Å²) in [6.45, 7) is 2.58. The van der Waals surface area contributed by atoms with Crippen LogP contribution in [0, 0.1) is 17.7 Å². The Morgan fingerprint density at radius 2 is 2.22 bits per heavy atom. The van der Waals surface area contributed by atoms with Crippen LogP contribution in [0.1, 0.15) is 24.5 Å². The van der Waals surface area contributed by atoms with Gasteiger partial charge in [-0.1, -0.05) is 13.0 Å². The summed E-state index contributed by atoms with van der Waals surface area (Å²) < 4.78 is 13.2. The minimum absolute atomic E-state index is 0.127. The van der Waals surface area contributed by atoms with Crippen molar-refractivity contribution in [1.82, 2.24) is 5.32 Å². The highest BCUT2D eigenvalue weighted by molar-refractivity contribution is 7.97. The van der Waals surface area contributed by atoms with Gasteiger partial charge in [-0.15, -0.1) is 0 Å². The van der Waals surface area contributed by atoms with Crippen LogP contribution in [0.2, 0.25) is 0 Å². The molecule has 2 nitrogen and oxygen atoms in total. The smallest absolute Gasteiger partial charge is 0.223 e. The summed E-state index contributed by atoms with van der Waals surface area (Å²) in [5.41, 5.74) is 1.97. The Kier molecular flexibility index (Phi) is 4.27. The molecule has 0 bridgehead atoms. The maximum Gasteiger partial charge on any atom is 0.223 e. The van der Waals surface area contributed by atoms with E-state index in [-0.39, 0.29) is 17.6 Å². The molecule has 1 amide bonds. The molecule has 1 saturated carbocycles. The molecule has 18 heavy (non-hydrogen) atoms. The van der Waals surface area contributed by atoms with Gasteiger partial charge in [0, 0.05) is 18.2 Å². The highest BCUT2D eigenvalue weighted by atomic mass is 32.2. The summed E-state index contributed by atoms with van der Waals surface area (Å²) in [5, 5.41) is 2.94. The first-order chi connectivity index (χ1) is 8.61. The van der Waals surface area contributed by atoms with E-state index in [1.807, 2.05) is 6.26 Å². The number of amides is 1. The predicted molar refractivity (Wildman–Crippen MR) is 72.7 cm³/mol. The third-order valence-electron chi connectivity index (χ3n) is 3.37. The van der Waals surface area contributed by atoms with Crippen molar-refractivity contribution in [1.29, 1.82) is 0 Å². The first-order valence-corrected chi connectivity index (χ1v) is 7.55.